The van der Waals surface area contributed by atoms with Crippen LogP contribution in [0.2, 0.25) is 0 Å². The van der Waals surface area contributed by atoms with Crippen molar-refractivity contribution in [3.05, 3.63) is 83.9 Å². The van der Waals surface area contributed by atoms with Gasteiger partial charge in [-0.05, 0) is 48.4 Å². The van der Waals surface area contributed by atoms with E-state index in [0.29, 0.717) is 36.2 Å². The average Bonchev–Trinajstić information content (AvgIpc) is 2.85. The van der Waals surface area contributed by atoms with Crippen LogP contribution in [0.1, 0.15) is 18.1 Å². The zero-order valence-corrected chi connectivity index (χ0v) is 18.8. The topological polar surface area (TPSA) is 78.4 Å². The van der Waals surface area contributed by atoms with Crippen molar-refractivity contribution >= 4 is 12.1 Å². The third kappa shape index (κ3) is 7.57. The van der Waals surface area contributed by atoms with Gasteiger partial charge in [-0.15, -0.1) is 0 Å². The first kappa shape index (κ1) is 23.7. The van der Waals surface area contributed by atoms with Crippen molar-refractivity contribution in [2.75, 3.05) is 26.9 Å². The van der Waals surface area contributed by atoms with Gasteiger partial charge in [0.05, 0.1) is 26.5 Å². The van der Waals surface area contributed by atoms with Crippen molar-refractivity contribution < 1.29 is 23.7 Å². The summed E-state index contributed by atoms with van der Waals surface area (Å²) in [6.45, 7) is 2.75. The van der Waals surface area contributed by atoms with E-state index in [1.54, 1.807) is 25.3 Å². The summed E-state index contributed by atoms with van der Waals surface area (Å²) in [6.07, 6.45) is 2.33. The van der Waals surface area contributed by atoms with Crippen molar-refractivity contribution in [3.8, 4) is 23.0 Å². The third-order valence-corrected chi connectivity index (χ3v) is 4.59. The number of hydrogen-bond acceptors (Lipinski definition) is 6. The molecule has 1 amide bonds. The van der Waals surface area contributed by atoms with E-state index in [0.717, 1.165) is 12.0 Å². The van der Waals surface area contributed by atoms with Crippen LogP contribution in [-0.4, -0.2) is 39.1 Å². The molecule has 3 aromatic carbocycles. The molecule has 0 saturated heterocycles. The highest BCUT2D eigenvalue weighted by molar-refractivity contribution is 5.83. The van der Waals surface area contributed by atoms with Crippen LogP contribution in [0.4, 0.5) is 0 Å². The number of hydrazone groups is 1. The number of benzene rings is 3. The smallest absolute Gasteiger partial charge is 0.277 e. The Bertz CT molecular complexity index is 1050. The largest absolute Gasteiger partial charge is 0.493 e. The number of carbonyl (C=O) groups is 1. The van der Waals surface area contributed by atoms with Gasteiger partial charge >= 0.3 is 0 Å². The number of ether oxygens (including phenoxy) is 4. The lowest BCUT2D eigenvalue weighted by Gasteiger charge is -2.11. The summed E-state index contributed by atoms with van der Waals surface area (Å²) < 4.78 is 22.3. The highest BCUT2D eigenvalue weighted by atomic mass is 16.5. The molecule has 0 heterocycles. The summed E-state index contributed by atoms with van der Waals surface area (Å²) in [5.74, 6) is 1.95. The average molecular weight is 449 g/mol. The summed E-state index contributed by atoms with van der Waals surface area (Å²) in [6, 6.07) is 22.8. The number of rotatable bonds is 12. The number of nitrogens with one attached hydrogen (secondary N) is 1. The normalized spacial score (nSPS) is 10.6. The lowest BCUT2D eigenvalue weighted by atomic mass is 10.2. The van der Waals surface area contributed by atoms with E-state index in [-0.39, 0.29) is 12.5 Å². The molecule has 0 aliphatic heterocycles. The highest BCUT2D eigenvalue weighted by Crippen LogP contribution is 2.28. The Morgan fingerprint density at radius 3 is 2.30 bits per heavy atom. The van der Waals surface area contributed by atoms with Crippen LogP contribution in [0, 0.1) is 0 Å². The molecule has 3 aromatic rings. The first-order chi connectivity index (χ1) is 16.2. The van der Waals surface area contributed by atoms with Crippen LogP contribution in [0.5, 0.6) is 23.0 Å². The molecule has 0 fully saturated rings. The van der Waals surface area contributed by atoms with Gasteiger partial charge in [-0.3, -0.25) is 4.79 Å². The number of amides is 1. The summed E-state index contributed by atoms with van der Waals surface area (Å²) >= 11 is 0. The van der Waals surface area contributed by atoms with Gasteiger partial charge in [-0.2, -0.15) is 5.10 Å². The summed E-state index contributed by atoms with van der Waals surface area (Å²) in [5.41, 5.74) is 4.41. The zero-order chi connectivity index (χ0) is 23.3. The molecule has 0 saturated carbocycles. The van der Waals surface area contributed by atoms with Crippen molar-refractivity contribution in [1.82, 2.24) is 5.43 Å². The van der Waals surface area contributed by atoms with Crippen LogP contribution >= 0.6 is 0 Å². The van der Waals surface area contributed by atoms with E-state index >= 15 is 0 Å². The van der Waals surface area contributed by atoms with Crippen LogP contribution in [0.15, 0.2) is 77.9 Å². The quantitative estimate of drug-likeness (QED) is 0.331. The fraction of sp³-hybridized carbons (Fsp3) is 0.231. The predicted octanol–water partition coefficient (Wildman–Crippen LogP) is 4.24. The molecule has 7 nitrogen and oxygen atoms in total. The van der Waals surface area contributed by atoms with Gasteiger partial charge in [0.2, 0.25) is 0 Å². The number of carbonyl (C=O) groups excluding carboxylic acids is 1. The molecule has 0 aromatic heterocycles. The van der Waals surface area contributed by atoms with Crippen molar-refractivity contribution in [1.29, 1.82) is 0 Å². The molecular formula is C26H28N2O5. The van der Waals surface area contributed by atoms with Crippen molar-refractivity contribution in [3.63, 3.8) is 0 Å². The molecule has 0 spiro atoms. The second-order valence-electron chi connectivity index (χ2n) is 6.96. The van der Waals surface area contributed by atoms with E-state index < -0.39 is 0 Å². The maximum Gasteiger partial charge on any atom is 0.277 e. The standard InChI is InChI=1S/C26H28N2O5/c1-3-31-22-11-7-8-12-23(22)33-19-26(29)28-27-18-21-13-14-24(25(17-21)30-2)32-16-15-20-9-5-4-6-10-20/h4-14,17-18H,3,15-16,19H2,1-2H3,(H,28,29)/b27-18+. The number of hydrogen-bond donors (Lipinski definition) is 1. The Labute approximate surface area is 193 Å². The van der Waals surface area contributed by atoms with Gasteiger partial charge < -0.3 is 18.9 Å². The van der Waals surface area contributed by atoms with Crippen LogP contribution in [-0.2, 0) is 11.2 Å². The second-order valence-corrected chi connectivity index (χ2v) is 6.96. The van der Waals surface area contributed by atoms with Gasteiger partial charge in [0.25, 0.3) is 5.91 Å². The molecule has 3 rings (SSSR count). The third-order valence-electron chi connectivity index (χ3n) is 4.59. The molecule has 0 aliphatic carbocycles. The summed E-state index contributed by atoms with van der Waals surface area (Å²) in [4.78, 5) is 12.1. The SMILES string of the molecule is CCOc1ccccc1OCC(=O)N/N=C/c1ccc(OCCc2ccccc2)c(OC)c1. The van der Waals surface area contributed by atoms with Crippen molar-refractivity contribution in [2.24, 2.45) is 5.10 Å². The van der Waals surface area contributed by atoms with Gasteiger partial charge in [-0.1, -0.05) is 42.5 Å². The van der Waals surface area contributed by atoms with Crippen LogP contribution in [0.25, 0.3) is 0 Å². The monoisotopic (exact) mass is 448 g/mol. The second kappa shape index (κ2) is 12.8. The molecule has 33 heavy (non-hydrogen) atoms. The maximum atomic E-state index is 12.1. The Balaban J connectivity index is 1.48. The minimum atomic E-state index is -0.384. The first-order valence-corrected chi connectivity index (χ1v) is 10.7. The highest BCUT2D eigenvalue weighted by Gasteiger charge is 2.08. The summed E-state index contributed by atoms with van der Waals surface area (Å²) in [7, 11) is 1.58. The maximum absolute atomic E-state index is 12.1. The molecule has 0 unspecified atom stereocenters. The van der Waals surface area contributed by atoms with Gasteiger partial charge in [0.15, 0.2) is 29.6 Å². The number of nitrogens with zero attached hydrogens (tertiary/aromatic N) is 1. The zero-order valence-electron chi connectivity index (χ0n) is 18.8. The molecule has 0 atom stereocenters. The predicted molar refractivity (Wildman–Crippen MR) is 127 cm³/mol. The molecule has 1 N–H and O–H groups in total. The van der Waals surface area contributed by atoms with Crippen LogP contribution in [0.3, 0.4) is 0 Å². The van der Waals surface area contributed by atoms with E-state index in [1.165, 1.54) is 11.8 Å². The lowest BCUT2D eigenvalue weighted by Crippen LogP contribution is -2.24. The Hall–Kier alpha value is -4.00. The summed E-state index contributed by atoms with van der Waals surface area (Å²) in [5, 5.41) is 3.99. The van der Waals surface area contributed by atoms with Gasteiger partial charge in [-0.25, -0.2) is 5.43 Å². The van der Waals surface area contributed by atoms with E-state index in [1.807, 2.05) is 49.4 Å². The van der Waals surface area contributed by atoms with Crippen LogP contribution < -0.4 is 24.4 Å². The first-order valence-electron chi connectivity index (χ1n) is 10.7. The fourth-order valence-electron chi connectivity index (χ4n) is 3.01. The van der Waals surface area contributed by atoms with E-state index in [9.17, 15) is 4.79 Å². The molecule has 172 valence electrons. The number of para-hydroxylation sites is 2. The van der Waals surface area contributed by atoms with E-state index in [2.05, 4.69) is 22.7 Å². The van der Waals surface area contributed by atoms with E-state index in [4.69, 9.17) is 18.9 Å². The molecule has 0 radical (unpaired) electrons. The van der Waals surface area contributed by atoms with Gasteiger partial charge in [0, 0.05) is 6.42 Å². The van der Waals surface area contributed by atoms with Gasteiger partial charge in [0.1, 0.15) is 0 Å². The fourth-order valence-corrected chi connectivity index (χ4v) is 3.01. The Morgan fingerprint density at radius 1 is 0.879 bits per heavy atom. The Morgan fingerprint density at radius 2 is 1.58 bits per heavy atom. The minimum Gasteiger partial charge on any atom is -0.493 e. The Kier molecular flexibility index (Phi) is 9.15. The number of methoxy groups -OCH3 is 1. The lowest BCUT2D eigenvalue weighted by molar-refractivity contribution is -0.123. The molecule has 7 heteroatoms. The minimum absolute atomic E-state index is 0.182. The molecular weight excluding hydrogens is 420 g/mol. The molecule has 0 aliphatic rings. The molecule has 0 bridgehead atoms. The van der Waals surface area contributed by atoms with Crippen molar-refractivity contribution in [2.45, 2.75) is 13.3 Å².